The third kappa shape index (κ3) is 3.45. The van der Waals surface area contributed by atoms with Crippen molar-refractivity contribution >= 4 is 45.0 Å². The van der Waals surface area contributed by atoms with Crippen LogP contribution in [-0.4, -0.2) is 39.1 Å². The molecule has 6 nitrogen and oxygen atoms in total. The Morgan fingerprint density at radius 1 is 1.35 bits per heavy atom. The van der Waals surface area contributed by atoms with E-state index in [1.54, 1.807) is 10.7 Å². The first kappa shape index (κ1) is 18.4. The van der Waals surface area contributed by atoms with Crippen LogP contribution in [0.1, 0.15) is 29.2 Å². The van der Waals surface area contributed by atoms with Crippen molar-refractivity contribution in [2.24, 2.45) is 5.73 Å². The zero-order chi connectivity index (χ0) is 19.0. The molecule has 0 aliphatic carbocycles. The molecule has 0 atom stereocenters. The number of nitrogens with two attached hydrogens (primary N) is 1. The van der Waals surface area contributed by atoms with Crippen LogP contribution in [0.25, 0.3) is 15.9 Å². The minimum atomic E-state index is -0.533. The molecule has 1 aromatic carbocycles. The zero-order valence-electron chi connectivity index (χ0n) is 14.7. The minimum Gasteiger partial charge on any atom is -0.368 e. The van der Waals surface area contributed by atoms with Gasteiger partial charge in [0.05, 0.1) is 22.8 Å². The van der Waals surface area contributed by atoms with Crippen molar-refractivity contribution in [3.8, 4) is 5.69 Å². The molecule has 0 unspecified atom stereocenters. The standard InChI is InChI=1S/C18H19ClN4O2S/c1-10(2)22(9-16(20)24)17(25)15-8-14-11(3)21-23(18(14)26-15)13-6-4-5-12(19)7-13/h4-8,10H,9H2,1-3H3,(H2,20,24). The van der Waals surface area contributed by atoms with Gasteiger partial charge < -0.3 is 10.6 Å². The first-order valence-corrected chi connectivity index (χ1v) is 9.31. The molecule has 0 spiro atoms. The highest BCUT2D eigenvalue weighted by Gasteiger charge is 2.24. The second kappa shape index (κ2) is 7.09. The molecule has 0 saturated heterocycles. The third-order valence-electron chi connectivity index (χ3n) is 4.02. The van der Waals surface area contributed by atoms with Crippen LogP contribution in [0, 0.1) is 6.92 Å². The number of aromatic nitrogens is 2. The van der Waals surface area contributed by atoms with Crippen molar-refractivity contribution < 1.29 is 9.59 Å². The molecule has 2 heterocycles. The molecule has 0 bridgehead atoms. The number of aryl methyl sites for hydroxylation is 1. The number of thiophene rings is 1. The van der Waals surface area contributed by atoms with Crippen LogP contribution in [0.3, 0.4) is 0 Å². The van der Waals surface area contributed by atoms with Crippen molar-refractivity contribution in [2.45, 2.75) is 26.8 Å². The Bertz CT molecular complexity index is 992. The predicted octanol–water partition coefficient (Wildman–Crippen LogP) is 3.38. The van der Waals surface area contributed by atoms with Crippen molar-refractivity contribution in [3.63, 3.8) is 0 Å². The maximum absolute atomic E-state index is 12.9. The van der Waals surface area contributed by atoms with Gasteiger partial charge in [-0.2, -0.15) is 5.10 Å². The van der Waals surface area contributed by atoms with Gasteiger partial charge in [-0.1, -0.05) is 17.7 Å². The number of hydrogen-bond donors (Lipinski definition) is 1. The summed E-state index contributed by atoms with van der Waals surface area (Å²) >= 11 is 7.43. The first-order chi connectivity index (χ1) is 12.3. The minimum absolute atomic E-state index is 0.107. The maximum Gasteiger partial charge on any atom is 0.264 e. The summed E-state index contributed by atoms with van der Waals surface area (Å²) in [4.78, 5) is 27.1. The number of fused-ring (bicyclic) bond motifs is 1. The molecule has 2 aromatic heterocycles. The van der Waals surface area contributed by atoms with Crippen LogP contribution in [0.4, 0.5) is 0 Å². The molecule has 0 fully saturated rings. The molecule has 2 N–H and O–H groups in total. The SMILES string of the molecule is Cc1nn(-c2cccc(Cl)c2)c2sc(C(=O)N(CC(N)=O)C(C)C)cc12. The second-order valence-corrected chi connectivity index (χ2v) is 7.77. The average Bonchev–Trinajstić information content (AvgIpc) is 3.12. The van der Waals surface area contributed by atoms with Gasteiger partial charge in [-0.3, -0.25) is 9.59 Å². The van der Waals surface area contributed by atoms with Gasteiger partial charge in [0.15, 0.2) is 0 Å². The van der Waals surface area contributed by atoms with E-state index in [-0.39, 0.29) is 18.5 Å². The summed E-state index contributed by atoms with van der Waals surface area (Å²) < 4.78 is 1.78. The summed E-state index contributed by atoms with van der Waals surface area (Å²) in [5.74, 6) is -0.744. The van der Waals surface area contributed by atoms with E-state index in [0.717, 1.165) is 21.6 Å². The van der Waals surface area contributed by atoms with Crippen molar-refractivity contribution in [2.75, 3.05) is 6.54 Å². The molecule has 136 valence electrons. The van der Waals surface area contributed by atoms with Gasteiger partial charge in [-0.25, -0.2) is 4.68 Å². The molecule has 26 heavy (non-hydrogen) atoms. The summed E-state index contributed by atoms with van der Waals surface area (Å²) in [7, 11) is 0. The summed E-state index contributed by atoms with van der Waals surface area (Å²) in [6.07, 6.45) is 0. The highest BCUT2D eigenvalue weighted by atomic mass is 35.5. The Morgan fingerprint density at radius 2 is 2.08 bits per heavy atom. The van der Waals surface area contributed by atoms with E-state index < -0.39 is 5.91 Å². The number of benzene rings is 1. The summed E-state index contributed by atoms with van der Waals surface area (Å²) in [6.45, 7) is 5.50. The van der Waals surface area contributed by atoms with Gasteiger partial charge in [0, 0.05) is 16.5 Å². The first-order valence-electron chi connectivity index (χ1n) is 8.12. The average molecular weight is 391 g/mol. The number of hydrogen-bond acceptors (Lipinski definition) is 4. The largest absolute Gasteiger partial charge is 0.368 e. The second-order valence-electron chi connectivity index (χ2n) is 6.30. The van der Waals surface area contributed by atoms with Gasteiger partial charge in [0.2, 0.25) is 5.91 Å². The molecule has 2 amide bonds. The normalized spacial score (nSPS) is 11.3. The molecular weight excluding hydrogens is 372 g/mol. The summed E-state index contributed by atoms with van der Waals surface area (Å²) in [6, 6.07) is 9.07. The summed E-state index contributed by atoms with van der Waals surface area (Å²) in [5, 5.41) is 6.08. The number of halogens is 1. The molecule has 3 aromatic rings. The Kier molecular flexibility index (Phi) is 5.02. The van der Waals surface area contributed by atoms with E-state index in [0.29, 0.717) is 9.90 Å². The Balaban J connectivity index is 2.06. The Labute approximate surface area is 160 Å². The van der Waals surface area contributed by atoms with Crippen LogP contribution in [-0.2, 0) is 4.79 Å². The zero-order valence-corrected chi connectivity index (χ0v) is 16.3. The molecule has 3 rings (SSSR count). The third-order valence-corrected chi connectivity index (χ3v) is 5.35. The predicted molar refractivity (Wildman–Crippen MR) is 104 cm³/mol. The fourth-order valence-electron chi connectivity index (χ4n) is 2.73. The highest BCUT2D eigenvalue weighted by Crippen LogP contribution is 2.31. The number of rotatable bonds is 5. The van der Waals surface area contributed by atoms with Gasteiger partial charge in [0.1, 0.15) is 4.83 Å². The lowest BCUT2D eigenvalue weighted by atomic mass is 10.2. The van der Waals surface area contributed by atoms with Crippen LogP contribution in [0.2, 0.25) is 5.02 Å². The van der Waals surface area contributed by atoms with Gasteiger partial charge in [-0.15, -0.1) is 11.3 Å². The van der Waals surface area contributed by atoms with Crippen LogP contribution < -0.4 is 5.73 Å². The van der Waals surface area contributed by atoms with Crippen LogP contribution >= 0.6 is 22.9 Å². The van der Waals surface area contributed by atoms with E-state index >= 15 is 0 Å². The van der Waals surface area contributed by atoms with E-state index in [1.165, 1.54) is 16.2 Å². The fourth-order valence-corrected chi connectivity index (χ4v) is 4.06. The van der Waals surface area contributed by atoms with Crippen molar-refractivity contribution in [1.82, 2.24) is 14.7 Å². The number of carbonyl (C=O) groups excluding carboxylic acids is 2. The monoisotopic (exact) mass is 390 g/mol. The lowest BCUT2D eigenvalue weighted by molar-refractivity contribution is -0.119. The number of amides is 2. The van der Waals surface area contributed by atoms with E-state index in [1.807, 2.05) is 45.0 Å². The van der Waals surface area contributed by atoms with Gasteiger partial charge >= 0.3 is 0 Å². The van der Waals surface area contributed by atoms with E-state index in [4.69, 9.17) is 17.3 Å². The van der Waals surface area contributed by atoms with Gasteiger partial charge in [-0.05, 0) is 45.0 Å². The van der Waals surface area contributed by atoms with E-state index in [2.05, 4.69) is 5.10 Å². The van der Waals surface area contributed by atoms with Crippen molar-refractivity contribution in [1.29, 1.82) is 0 Å². The number of carbonyl (C=O) groups is 2. The highest BCUT2D eigenvalue weighted by molar-refractivity contribution is 7.20. The molecular formula is C18H19ClN4O2S. The lowest BCUT2D eigenvalue weighted by Crippen LogP contribution is -2.42. The lowest BCUT2D eigenvalue weighted by Gasteiger charge is -2.24. The molecule has 8 heteroatoms. The summed E-state index contributed by atoms with van der Waals surface area (Å²) in [5.41, 5.74) is 6.93. The Hall–Kier alpha value is -2.38. The topological polar surface area (TPSA) is 81.2 Å². The fraction of sp³-hybridized carbons (Fsp3) is 0.278. The van der Waals surface area contributed by atoms with Gasteiger partial charge in [0.25, 0.3) is 5.91 Å². The van der Waals surface area contributed by atoms with Crippen LogP contribution in [0.5, 0.6) is 0 Å². The number of primary amides is 1. The van der Waals surface area contributed by atoms with E-state index in [9.17, 15) is 9.59 Å². The molecule has 0 radical (unpaired) electrons. The number of nitrogens with zero attached hydrogens (tertiary/aromatic N) is 3. The molecule has 0 aliphatic heterocycles. The quantitative estimate of drug-likeness (QED) is 0.725. The maximum atomic E-state index is 12.9. The molecule has 0 aliphatic rings. The van der Waals surface area contributed by atoms with Crippen LogP contribution in [0.15, 0.2) is 30.3 Å². The smallest absolute Gasteiger partial charge is 0.264 e. The van der Waals surface area contributed by atoms with Crippen molar-refractivity contribution in [3.05, 3.63) is 45.9 Å². The molecule has 0 saturated carbocycles. The Morgan fingerprint density at radius 3 is 2.69 bits per heavy atom.